The largest absolute Gasteiger partial charge is 1.00 e. The first-order chi connectivity index (χ1) is 14.7. The molecule has 0 saturated carbocycles. The van der Waals surface area contributed by atoms with Gasteiger partial charge in [0.05, 0.1) is 0 Å². The molecule has 0 saturated heterocycles. The van der Waals surface area contributed by atoms with Crippen molar-refractivity contribution >= 4 is 23.6 Å². The average molecular weight is 562 g/mol. The Bertz CT molecular complexity index is 1060. The van der Waals surface area contributed by atoms with Crippen LogP contribution < -0.4 is 52.8 Å². The van der Waals surface area contributed by atoms with Crippen molar-refractivity contribution < 1.29 is 57.7 Å². The second-order valence-corrected chi connectivity index (χ2v) is 14.1. The van der Waals surface area contributed by atoms with Gasteiger partial charge in [-0.1, -0.05) is 0 Å². The summed E-state index contributed by atoms with van der Waals surface area (Å²) in [4.78, 5) is 0. The molecule has 3 aromatic rings. The van der Waals surface area contributed by atoms with Crippen molar-refractivity contribution in [3.05, 3.63) is 109 Å². The number of hydrogen-bond acceptors (Lipinski definition) is 0. The molecule has 0 nitrogen and oxygen atoms in total. The molecule has 0 fully saturated rings. The zero-order chi connectivity index (χ0) is 22.3. The molecule has 0 atom stereocenters. The van der Waals surface area contributed by atoms with Crippen molar-refractivity contribution in [3.8, 4) is 0 Å². The van der Waals surface area contributed by atoms with E-state index < -0.39 is 8.07 Å². The molecule has 5 heteroatoms. The van der Waals surface area contributed by atoms with Gasteiger partial charge in [0.25, 0.3) is 0 Å². The number of rotatable bonds is 4. The Kier molecular flexibility index (Phi) is 11.2. The van der Waals surface area contributed by atoms with Gasteiger partial charge in [-0.3, -0.25) is 0 Å². The molecule has 0 aromatic heterocycles. The quantitative estimate of drug-likeness (QED) is 0.228. The molecule has 176 valence electrons. The van der Waals surface area contributed by atoms with Gasteiger partial charge in [0, 0.05) is 0 Å². The van der Waals surface area contributed by atoms with E-state index in [0.29, 0.717) is 0 Å². The number of allylic oxidation sites excluding steroid dienone is 4. The van der Waals surface area contributed by atoms with E-state index >= 15 is 0 Å². The van der Waals surface area contributed by atoms with Gasteiger partial charge in [0.2, 0.25) is 0 Å². The zero-order valence-electron chi connectivity index (χ0n) is 20.7. The van der Waals surface area contributed by atoms with Crippen molar-refractivity contribution in [1.82, 2.24) is 0 Å². The molecule has 1 aliphatic rings. The smallest absolute Gasteiger partial charge is 1.00 e. The average Bonchev–Trinajstić information content (AvgIpc) is 3.06. The van der Waals surface area contributed by atoms with Gasteiger partial charge in [-0.25, -0.2) is 0 Å². The SMILES string of the molecule is Cc1cc(C)cc([Si](C2=[C]([Ti+3])CC=C2)(c2cc(C)cc(C)c2)c2cc(C)cc(C)c2)c1.[Cl-].[Cl-].[Cl-]. The first-order valence-electron chi connectivity index (χ1n) is 11.1. The van der Waals surface area contributed by atoms with Crippen LogP contribution >= 0.6 is 0 Å². The summed E-state index contributed by atoms with van der Waals surface area (Å²) in [5.74, 6) is 0. The number of aryl methyl sites for hydroxylation is 6. The molecule has 4 rings (SSSR count). The summed E-state index contributed by atoms with van der Waals surface area (Å²) in [6.07, 6.45) is 5.86. The van der Waals surface area contributed by atoms with Gasteiger partial charge in [0.15, 0.2) is 0 Å². The van der Waals surface area contributed by atoms with E-state index in [-0.39, 0.29) is 37.2 Å². The Morgan fingerprint density at radius 2 is 0.824 bits per heavy atom. The normalized spacial score (nSPS) is 12.7. The van der Waals surface area contributed by atoms with Crippen LogP contribution in [0.3, 0.4) is 0 Å². The molecule has 0 amide bonds. The standard InChI is InChI=1S/C29H31Si.3ClH.Ti/c1-20-11-21(2)15-27(14-20)30(26-9-7-8-10-26,28-16-22(3)12-23(4)17-28)29-18-24(5)13-25(6)19-29;;;;/h7,9,11-19H,8H2,1-6H3;3*1H;/q;;;;+3/p-3. The van der Waals surface area contributed by atoms with Crippen LogP contribution in [0.1, 0.15) is 39.8 Å². The van der Waals surface area contributed by atoms with Crippen LogP contribution in [-0.4, -0.2) is 8.07 Å². The van der Waals surface area contributed by atoms with Crippen LogP contribution in [0.4, 0.5) is 0 Å². The summed E-state index contributed by atoms with van der Waals surface area (Å²) in [6, 6.07) is 21.7. The molecule has 0 bridgehead atoms. The van der Waals surface area contributed by atoms with E-state index in [4.69, 9.17) is 0 Å². The van der Waals surface area contributed by atoms with Gasteiger partial charge in [-0.05, 0) is 0 Å². The molecular weight excluding hydrogens is 531 g/mol. The second kappa shape index (κ2) is 12.3. The van der Waals surface area contributed by atoms with Gasteiger partial charge in [-0.15, -0.1) is 0 Å². The summed E-state index contributed by atoms with van der Waals surface area (Å²) >= 11 is 2.34. The third kappa shape index (κ3) is 5.84. The molecule has 0 heterocycles. The maximum absolute atomic E-state index is 2.46. The molecule has 0 radical (unpaired) electrons. The van der Waals surface area contributed by atoms with Gasteiger partial charge < -0.3 is 37.2 Å². The molecular formula is C29H31Cl3SiTi. The van der Waals surface area contributed by atoms with Crippen molar-refractivity contribution in [2.45, 2.75) is 48.0 Å². The topological polar surface area (TPSA) is 0 Å². The van der Waals surface area contributed by atoms with Crippen molar-refractivity contribution in [2.24, 2.45) is 0 Å². The summed E-state index contributed by atoms with van der Waals surface area (Å²) in [5.41, 5.74) is 8.09. The predicted molar refractivity (Wildman–Crippen MR) is 133 cm³/mol. The predicted octanol–water partition coefficient (Wildman–Crippen LogP) is -3.68. The summed E-state index contributed by atoms with van der Waals surface area (Å²) in [6.45, 7) is 13.4. The molecule has 3 aromatic carbocycles. The van der Waals surface area contributed by atoms with Crippen LogP contribution in [0.5, 0.6) is 0 Å². The third-order valence-corrected chi connectivity index (χ3v) is 12.2. The molecule has 0 N–H and O–H groups in total. The zero-order valence-corrected chi connectivity index (χ0v) is 25.5. The molecule has 1 aliphatic carbocycles. The van der Waals surface area contributed by atoms with E-state index in [1.54, 1.807) is 5.20 Å². The van der Waals surface area contributed by atoms with Crippen LogP contribution in [0, 0.1) is 41.5 Å². The fourth-order valence-corrected chi connectivity index (χ4v) is 12.1. The van der Waals surface area contributed by atoms with Crippen molar-refractivity contribution in [1.29, 1.82) is 0 Å². The molecule has 0 unspecified atom stereocenters. The maximum atomic E-state index is 2.46. The minimum absolute atomic E-state index is 0. The third-order valence-electron chi connectivity index (χ3n) is 6.30. The van der Waals surface area contributed by atoms with E-state index in [1.807, 2.05) is 0 Å². The molecule has 34 heavy (non-hydrogen) atoms. The number of hydrogen-bond donors (Lipinski definition) is 0. The molecule has 0 aliphatic heterocycles. The first kappa shape index (κ1) is 31.0. The van der Waals surface area contributed by atoms with Gasteiger partial charge in [0.1, 0.15) is 0 Å². The van der Waals surface area contributed by atoms with Crippen molar-refractivity contribution in [3.63, 3.8) is 0 Å². The van der Waals surface area contributed by atoms with Crippen LogP contribution in [0.15, 0.2) is 75.8 Å². The van der Waals surface area contributed by atoms with E-state index in [9.17, 15) is 0 Å². The van der Waals surface area contributed by atoms with Crippen LogP contribution in [-0.2, 0) is 20.4 Å². The Morgan fingerprint density at radius 3 is 1.06 bits per heavy atom. The van der Waals surface area contributed by atoms with Crippen LogP contribution in [0.2, 0.25) is 0 Å². The van der Waals surface area contributed by atoms with Gasteiger partial charge >= 0.3 is 201 Å². The van der Waals surface area contributed by atoms with E-state index in [0.717, 1.165) is 6.42 Å². The molecule has 0 spiro atoms. The minimum Gasteiger partial charge on any atom is -1.00 e. The summed E-state index contributed by atoms with van der Waals surface area (Å²) in [7, 11) is -2.45. The Labute approximate surface area is 237 Å². The fourth-order valence-electron chi connectivity index (χ4n) is 5.40. The number of halogens is 3. The van der Waals surface area contributed by atoms with Crippen LogP contribution in [0.25, 0.3) is 0 Å². The number of benzene rings is 3. The summed E-state index contributed by atoms with van der Waals surface area (Å²) < 4.78 is 1.52. The van der Waals surface area contributed by atoms with E-state index in [1.165, 1.54) is 52.8 Å². The Hall–Kier alpha value is -1.06. The monoisotopic (exact) mass is 560 g/mol. The van der Waals surface area contributed by atoms with Crippen molar-refractivity contribution in [2.75, 3.05) is 0 Å². The second-order valence-electron chi connectivity index (χ2n) is 9.38. The maximum Gasteiger partial charge on any atom is -1.00 e. The minimum atomic E-state index is -2.45. The first-order valence-corrected chi connectivity index (χ1v) is 13.9. The fraction of sp³-hybridized carbons (Fsp3) is 0.241. The summed E-state index contributed by atoms with van der Waals surface area (Å²) in [5, 5.41) is 6.06. The van der Waals surface area contributed by atoms with Gasteiger partial charge in [-0.2, -0.15) is 0 Å². The Morgan fingerprint density at radius 1 is 0.529 bits per heavy atom. The van der Waals surface area contributed by atoms with E-state index in [2.05, 4.69) is 129 Å². The Balaban J connectivity index is 0.00000193.